The Labute approximate surface area is 127 Å². The van der Waals surface area contributed by atoms with Gasteiger partial charge < -0.3 is 4.74 Å². The Kier molecular flexibility index (Phi) is 4.60. The van der Waals surface area contributed by atoms with E-state index in [0.717, 1.165) is 43.7 Å². The summed E-state index contributed by atoms with van der Waals surface area (Å²) in [5.41, 5.74) is -0.840. The van der Waals surface area contributed by atoms with Crippen molar-refractivity contribution in [2.75, 3.05) is 6.26 Å². The lowest BCUT2D eigenvalue weighted by Crippen LogP contribution is -2.10. The maximum Gasteiger partial charge on any atom is 0.350 e. The molecule has 0 aliphatic heterocycles. The summed E-state index contributed by atoms with van der Waals surface area (Å²) in [4.78, 5) is 22.2. The molecular weight excluding hydrogens is 310 g/mol. The number of esters is 1. The van der Waals surface area contributed by atoms with E-state index in [4.69, 9.17) is 4.74 Å². The largest absolute Gasteiger partial charge is 0.428 e. The minimum atomic E-state index is -3.60. The monoisotopic (exact) mass is 325 g/mol. The second-order valence-electron chi connectivity index (χ2n) is 5.01. The molecule has 0 atom stereocenters. The van der Waals surface area contributed by atoms with Gasteiger partial charge in [0.05, 0.1) is 9.82 Å². The zero-order chi connectivity index (χ0) is 16.3. The number of rotatable bonds is 4. The summed E-state index contributed by atoms with van der Waals surface area (Å²) in [6.07, 6.45) is 6.06. The van der Waals surface area contributed by atoms with Crippen LogP contribution in [0.3, 0.4) is 0 Å². The van der Waals surface area contributed by atoms with Gasteiger partial charge in [-0.1, -0.05) is 0 Å². The lowest BCUT2D eigenvalue weighted by molar-refractivity contribution is -0.385. The predicted molar refractivity (Wildman–Crippen MR) is 78.2 cm³/mol. The molecule has 22 heavy (non-hydrogen) atoms. The van der Waals surface area contributed by atoms with Crippen LogP contribution in [0.1, 0.15) is 36.0 Å². The average Bonchev–Trinajstić information content (AvgIpc) is 2.46. The van der Waals surface area contributed by atoms with Crippen molar-refractivity contribution in [1.82, 2.24) is 0 Å². The molecule has 0 heterocycles. The van der Waals surface area contributed by atoms with Crippen molar-refractivity contribution in [3.63, 3.8) is 0 Å². The predicted octanol–water partition coefficient (Wildman–Crippen LogP) is 2.61. The molecule has 8 heteroatoms. The Morgan fingerprint density at radius 3 is 2.59 bits per heavy atom. The topological polar surface area (TPSA) is 104 Å². The SMILES string of the molecule is CS(=O)(=O)c1ccc(C(=O)OC2=CCCCC2)c([N+](=O)[O-])c1. The molecular formula is C14H15NO6S. The molecule has 0 radical (unpaired) electrons. The van der Waals surface area contributed by atoms with Crippen LogP contribution < -0.4 is 0 Å². The first-order valence-electron chi connectivity index (χ1n) is 6.69. The van der Waals surface area contributed by atoms with Crippen molar-refractivity contribution in [3.8, 4) is 0 Å². The van der Waals surface area contributed by atoms with Gasteiger partial charge in [0.1, 0.15) is 11.3 Å². The quantitative estimate of drug-likeness (QED) is 0.479. The van der Waals surface area contributed by atoms with E-state index in [2.05, 4.69) is 0 Å². The van der Waals surface area contributed by atoms with Crippen molar-refractivity contribution >= 4 is 21.5 Å². The van der Waals surface area contributed by atoms with E-state index in [1.54, 1.807) is 6.08 Å². The number of carbonyl (C=O) groups excluding carboxylic acids is 1. The Balaban J connectivity index is 2.35. The summed E-state index contributed by atoms with van der Waals surface area (Å²) >= 11 is 0. The summed E-state index contributed by atoms with van der Waals surface area (Å²) in [5, 5.41) is 11.1. The molecule has 118 valence electrons. The third kappa shape index (κ3) is 3.70. The maximum atomic E-state index is 12.1. The smallest absolute Gasteiger partial charge is 0.350 e. The number of ether oxygens (including phenoxy) is 1. The number of benzene rings is 1. The van der Waals surface area contributed by atoms with E-state index >= 15 is 0 Å². The van der Waals surface area contributed by atoms with Gasteiger partial charge in [-0.05, 0) is 37.5 Å². The lowest BCUT2D eigenvalue weighted by atomic mass is 10.1. The molecule has 1 aliphatic carbocycles. The molecule has 0 unspecified atom stereocenters. The van der Waals surface area contributed by atoms with Gasteiger partial charge in [0, 0.05) is 18.7 Å². The van der Waals surface area contributed by atoms with Crippen molar-refractivity contribution < 1.29 is 22.9 Å². The van der Waals surface area contributed by atoms with Gasteiger partial charge in [0.25, 0.3) is 5.69 Å². The minimum Gasteiger partial charge on any atom is -0.428 e. The summed E-state index contributed by atoms with van der Waals surface area (Å²) in [6, 6.07) is 3.15. The third-order valence-electron chi connectivity index (χ3n) is 3.29. The molecule has 2 rings (SSSR count). The molecule has 0 fully saturated rings. The number of hydrogen-bond acceptors (Lipinski definition) is 6. The van der Waals surface area contributed by atoms with E-state index in [1.165, 1.54) is 0 Å². The van der Waals surface area contributed by atoms with Gasteiger partial charge in [0.2, 0.25) is 0 Å². The van der Waals surface area contributed by atoms with Gasteiger partial charge in [-0.15, -0.1) is 0 Å². The number of sulfone groups is 1. The average molecular weight is 325 g/mol. The van der Waals surface area contributed by atoms with Crippen LogP contribution in [-0.4, -0.2) is 25.6 Å². The van der Waals surface area contributed by atoms with Crippen molar-refractivity contribution in [2.24, 2.45) is 0 Å². The van der Waals surface area contributed by atoms with E-state index in [0.29, 0.717) is 12.2 Å². The van der Waals surface area contributed by atoms with Crippen molar-refractivity contribution in [3.05, 3.63) is 45.7 Å². The Morgan fingerprint density at radius 1 is 1.32 bits per heavy atom. The van der Waals surface area contributed by atoms with Crippen LogP contribution in [0, 0.1) is 10.1 Å². The van der Waals surface area contributed by atoms with E-state index in [9.17, 15) is 23.3 Å². The fourth-order valence-corrected chi connectivity index (χ4v) is 2.78. The first-order chi connectivity index (χ1) is 10.3. The molecule has 0 spiro atoms. The molecule has 0 saturated heterocycles. The molecule has 1 aromatic carbocycles. The fourth-order valence-electron chi connectivity index (χ4n) is 2.14. The van der Waals surface area contributed by atoms with E-state index < -0.39 is 26.4 Å². The maximum absolute atomic E-state index is 12.1. The summed E-state index contributed by atoms with van der Waals surface area (Å²) in [7, 11) is -3.60. The first kappa shape index (κ1) is 16.2. The highest BCUT2D eigenvalue weighted by molar-refractivity contribution is 7.90. The van der Waals surface area contributed by atoms with Crippen molar-refractivity contribution in [1.29, 1.82) is 0 Å². The molecule has 1 aromatic rings. The summed E-state index contributed by atoms with van der Waals surface area (Å²) in [6.45, 7) is 0. The lowest BCUT2D eigenvalue weighted by Gasteiger charge is -2.13. The number of allylic oxidation sites excluding steroid dienone is 2. The number of nitro groups is 1. The molecule has 1 aliphatic rings. The summed E-state index contributed by atoms with van der Waals surface area (Å²) in [5.74, 6) is -0.349. The van der Waals surface area contributed by atoms with E-state index in [-0.39, 0.29) is 10.5 Å². The second kappa shape index (κ2) is 6.27. The molecule has 0 saturated carbocycles. The Morgan fingerprint density at radius 2 is 2.05 bits per heavy atom. The Hall–Kier alpha value is -2.22. The molecule has 7 nitrogen and oxygen atoms in total. The van der Waals surface area contributed by atoms with Crippen molar-refractivity contribution in [2.45, 2.75) is 30.6 Å². The normalized spacial score (nSPS) is 15.0. The Bertz CT molecular complexity index is 751. The molecule has 0 N–H and O–H groups in total. The minimum absolute atomic E-state index is 0.215. The molecule has 0 aromatic heterocycles. The van der Waals surface area contributed by atoms with Crippen LogP contribution in [0.4, 0.5) is 5.69 Å². The number of nitrogens with zero attached hydrogens (tertiary/aromatic N) is 1. The zero-order valence-electron chi connectivity index (χ0n) is 11.9. The van der Waals surface area contributed by atoms with Crippen LogP contribution >= 0.6 is 0 Å². The van der Waals surface area contributed by atoms with Gasteiger partial charge in [-0.3, -0.25) is 10.1 Å². The van der Waals surface area contributed by atoms with Crippen LogP contribution in [0.15, 0.2) is 34.9 Å². The first-order valence-corrected chi connectivity index (χ1v) is 8.58. The van der Waals surface area contributed by atoms with Gasteiger partial charge in [-0.2, -0.15) is 0 Å². The van der Waals surface area contributed by atoms with E-state index in [1.807, 2.05) is 0 Å². The highest BCUT2D eigenvalue weighted by Gasteiger charge is 2.25. The highest BCUT2D eigenvalue weighted by Crippen LogP contribution is 2.26. The van der Waals surface area contributed by atoms with Crippen LogP contribution in [0.5, 0.6) is 0 Å². The standard InChI is InChI=1S/C14H15NO6S/c1-22(19,20)11-7-8-12(13(9-11)15(17)18)14(16)21-10-5-3-2-4-6-10/h5,7-9H,2-4,6H2,1H3. The van der Waals surface area contributed by atoms with Gasteiger partial charge >= 0.3 is 5.97 Å². The van der Waals surface area contributed by atoms with Crippen LogP contribution in [0.2, 0.25) is 0 Å². The molecule has 0 amide bonds. The van der Waals surface area contributed by atoms with Crippen LogP contribution in [-0.2, 0) is 14.6 Å². The fraction of sp³-hybridized carbons (Fsp3) is 0.357. The number of hydrogen-bond donors (Lipinski definition) is 0. The van der Waals surface area contributed by atoms with Crippen LogP contribution in [0.25, 0.3) is 0 Å². The van der Waals surface area contributed by atoms with Gasteiger partial charge in [0.15, 0.2) is 9.84 Å². The number of nitro benzene ring substituents is 1. The second-order valence-corrected chi connectivity index (χ2v) is 7.03. The van der Waals surface area contributed by atoms with Gasteiger partial charge in [-0.25, -0.2) is 13.2 Å². The molecule has 0 bridgehead atoms. The highest BCUT2D eigenvalue weighted by atomic mass is 32.2. The number of carbonyl (C=O) groups is 1. The third-order valence-corrected chi connectivity index (χ3v) is 4.40. The zero-order valence-corrected chi connectivity index (χ0v) is 12.8. The summed E-state index contributed by atoms with van der Waals surface area (Å²) < 4.78 is 28.1.